The molecule has 1 N–H and O–H groups in total. The van der Waals surface area contributed by atoms with Crippen molar-refractivity contribution in [1.29, 1.82) is 0 Å². The van der Waals surface area contributed by atoms with E-state index in [1.807, 2.05) is 32.3 Å². The van der Waals surface area contributed by atoms with Gasteiger partial charge in [-0.3, -0.25) is 4.68 Å². The average molecular weight is 355 g/mol. The largest absolute Gasteiger partial charge is 0.350 e. The molecular formula is C22H21N5. The highest BCUT2D eigenvalue weighted by Gasteiger charge is 2.09. The first-order valence-electron chi connectivity index (χ1n) is 8.91. The minimum Gasteiger partial charge on any atom is -0.350 e. The standard InChI is InChI=1S/C22H21N5/c1-16-20(15-27(2)26-16)21-12-13-23-22(25-21)24-14-18-10-6-7-11-19(18)17-8-4-3-5-9-17/h3-13,15H,14H2,1-2H3,(H,23,24,25). The molecular weight excluding hydrogens is 334 g/mol. The summed E-state index contributed by atoms with van der Waals surface area (Å²) in [4.78, 5) is 9.03. The van der Waals surface area contributed by atoms with Crippen LogP contribution < -0.4 is 5.32 Å². The number of nitrogens with one attached hydrogen (secondary N) is 1. The molecule has 0 aliphatic carbocycles. The highest BCUT2D eigenvalue weighted by Crippen LogP contribution is 2.24. The third-order valence-electron chi connectivity index (χ3n) is 4.48. The lowest BCUT2D eigenvalue weighted by Gasteiger charge is -2.11. The lowest BCUT2D eigenvalue weighted by Crippen LogP contribution is -2.05. The quantitative estimate of drug-likeness (QED) is 0.574. The molecule has 0 saturated heterocycles. The van der Waals surface area contributed by atoms with Crippen LogP contribution in [0.3, 0.4) is 0 Å². The molecule has 4 aromatic rings. The molecule has 0 aliphatic rings. The second-order valence-corrected chi connectivity index (χ2v) is 6.44. The second kappa shape index (κ2) is 7.41. The van der Waals surface area contributed by atoms with Gasteiger partial charge in [0.05, 0.1) is 11.4 Å². The molecule has 0 saturated carbocycles. The summed E-state index contributed by atoms with van der Waals surface area (Å²) in [6.45, 7) is 2.64. The van der Waals surface area contributed by atoms with Gasteiger partial charge in [-0.25, -0.2) is 9.97 Å². The van der Waals surface area contributed by atoms with E-state index in [4.69, 9.17) is 0 Å². The molecule has 5 nitrogen and oxygen atoms in total. The molecule has 2 aromatic carbocycles. The first-order valence-corrected chi connectivity index (χ1v) is 8.91. The van der Waals surface area contributed by atoms with Gasteiger partial charge in [-0.05, 0) is 29.7 Å². The Kier molecular flexibility index (Phi) is 4.66. The molecule has 0 atom stereocenters. The minimum atomic E-state index is 0.610. The first kappa shape index (κ1) is 17.0. The van der Waals surface area contributed by atoms with E-state index < -0.39 is 0 Å². The molecule has 5 heteroatoms. The summed E-state index contributed by atoms with van der Waals surface area (Å²) in [6, 6.07) is 20.7. The summed E-state index contributed by atoms with van der Waals surface area (Å²) in [5.74, 6) is 0.610. The SMILES string of the molecule is Cc1nn(C)cc1-c1ccnc(NCc2ccccc2-c2ccccc2)n1. The van der Waals surface area contributed by atoms with Crippen LogP contribution in [-0.2, 0) is 13.6 Å². The molecule has 134 valence electrons. The van der Waals surface area contributed by atoms with Gasteiger partial charge in [0.15, 0.2) is 0 Å². The molecule has 0 bridgehead atoms. The molecule has 0 spiro atoms. The normalized spacial score (nSPS) is 10.7. The van der Waals surface area contributed by atoms with Crippen molar-refractivity contribution in [3.05, 3.63) is 84.3 Å². The predicted molar refractivity (Wildman–Crippen MR) is 108 cm³/mol. The summed E-state index contributed by atoms with van der Waals surface area (Å²) in [5, 5.41) is 7.75. The van der Waals surface area contributed by atoms with E-state index in [1.54, 1.807) is 10.9 Å². The van der Waals surface area contributed by atoms with Crippen molar-refractivity contribution >= 4 is 5.95 Å². The number of anilines is 1. The Labute approximate surface area is 158 Å². The third kappa shape index (κ3) is 3.72. The maximum Gasteiger partial charge on any atom is 0.223 e. The Morgan fingerprint density at radius 3 is 2.48 bits per heavy atom. The smallest absolute Gasteiger partial charge is 0.223 e. The number of aryl methyl sites for hydroxylation is 2. The number of nitrogens with zero attached hydrogens (tertiary/aromatic N) is 4. The van der Waals surface area contributed by atoms with Crippen LogP contribution in [0.5, 0.6) is 0 Å². The van der Waals surface area contributed by atoms with Gasteiger partial charge in [-0.1, -0.05) is 54.6 Å². The molecule has 2 heterocycles. The fourth-order valence-corrected chi connectivity index (χ4v) is 3.19. The van der Waals surface area contributed by atoms with Gasteiger partial charge in [0.1, 0.15) is 0 Å². The lowest BCUT2D eigenvalue weighted by molar-refractivity contribution is 0.756. The van der Waals surface area contributed by atoms with Crippen LogP contribution >= 0.6 is 0 Å². The second-order valence-electron chi connectivity index (χ2n) is 6.44. The molecule has 4 rings (SSSR count). The van der Waals surface area contributed by atoms with E-state index in [0.717, 1.165) is 17.0 Å². The van der Waals surface area contributed by atoms with Crippen molar-refractivity contribution in [2.45, 2.75) is 13.5 Å². The monoisotopic (exact) mass is 355 g/mol. The van der Waals surface area contributed by atoms with E-state index in [2.05, 4.69) is 68.9 Å². The molecule has 0 aliphatic heterocycles. The van der Waals surface area contributed by atoms with Crippen molar-refractivity contribution in [2.75, 3.05) is 5.32 Å². The van der Waals surface area contributed by atoms with Crippen molar-refractivity contribution in [1.82, 2.24) is 19.7 Å². The van der Waals surface area contributed by atoms with Crippen molar-refractivity contribution in [3.63, 3.8) is 0 Å². The highest BCUT2D eigenvalue weighted by molar-refractivity contribution is 5.67. The average Bonchev–Trinajstić information content (AvgIpc) is 3.05. The van der Waals surface area contributed by atoms with E-state index in [9.17, 15) is 0 Å². The molecule has 0 fully saturated rings. The van der Waals surface area contributed by atoms with Crippen LogP contribution in [0.15, 0.2) is 73.1 Å². The summed E-state index contributed by atoms with van der Waals surface area (Å²) in [6.07, 6.45) is 3.76. The maximum atomic E-state index is 4.66. The fourth-order valence-electron chi connectivity index (χ4n) is 3.19. The van der Waals surface area contributed by atoms with Gasteiger partial charge in [0, 0.05) is 31.5 Å². The van der Waals surface area contributed by atoms with Crippen molar-refractivity contribution in [3.8, 4) is 22.4 Å². The van der Waals surface area contributed by atoms with Gasteiger partial charge in [-0.15, -0.1) is 0 Å². The number of hydrogen-bond donors (Lipinski definition) is 1. The van der Waals surface area contributed by atoms with E-state index in [0.29, 0.717) is 12.5 Å². The van der Waals surface area contributed by atoms with Crippen LogP contribution in [0.25, 0.3) is 22.4 Å². The maximum absolute atomic E-state index is 4.66. The molecule has 0 amide bonds. The van der Waals surface area contributed by atoms with Gasteiger partial charge >= 0.3 is 0 Å². The van der Waals surface area contributed by atoms with E-state index in [1.165, 1.54) is 16.7 Å². The zero-order valence-electron chi connectivity index (χ0n) is 15.4. The van der Waals surface area contributed by atoms with Crippen LogP contribution in [0, 0.1) is 6.92 Å². The molecule has 0 radical (unpaired) electrons. The number of hydrogen-bond acceptors (Lipinski definition) is 4. The summed E-state index contributed by atoms with van der Waals surface area (Å²) < 4.78 is 1.80. The van der Waals surface area contributed by atoms with Gasteiger partial charge < -0.3 is 5.32 Å². The minimum absolute atomic E-state index is 0.610. The Hall–Kier alpha value is -3.47. The number of aromatic nitrogens is 4. The summed E-state index contributed by atoms with van der Waals surface area (Å²) >= 11 is 0. The molecule has 0 unspecified atom stereocenters. The van der Waals surface area contributed by atoms with Crippen LogP contribution in [0.4, 0.5) is 5.95 Å². The van der Waals surface area contributed by atoms with Crippen LogP contribution in [-0.4, -0.2) is 19.7 Å². The Morgan fingerprint density at radius 2 is 1.70 bits per heavy atom. The molecule has 27 heavy (non-hydrogen) atoms. The van der Waals surface area contributed by atoms with Gasteiger partial charge in [-0.2, -0.15) is 5.10 Å². The van der Waals surface area contributed by atoms with E-state index >= 15 is 0 Å². The topological polar surface area (TPSA) is 55.6 Å². The highest BCUT2D eigenvalue weighted by atomic mass is 15.3. The molecule has 2 aromatic heterocycles. The Morgan fingerprint density at radius 1 is 0.926 bits per heavy atom. The lowest BCUT2D eigenvalue weighted by atomic mass is 10.00. The first-order chi connectivity index (χ1) is 13.2. The van der Waals surface area contributed by atoms with Crippen molar-refractivity contribution in [2.24, 2.45) is 7.05 Å². The predicted octanol–water partition coefficient (Wildman–Crippen LogP) is 4.46. The zero-order chi connectivity index (χ0) is 18.6. The fraction of sp³-hybridized carbons (Fsp3) is 0.136. The van der Waals surface area contributed by atoms with E-state index in [-0.39, 0.29) is 0 Å². The van der Waals surface area contributed by atoms with Crippen LogP contribution in [0.1, 0.15) is 11.3 Å². The Balaban J connectivity index is 1.57. The number of rotatable bonds is 5. The van der Waals surface area contributed by atoms with Crippen molar-refractivity contribution < 1.29 is 0 Å². The van der Waals surface area contributed by atoms with Gasteiger partial charge in [0.2, 0.25) is 5.95 Å². The summed E-state index contributed by atoms with van der Waals surface area (Å²) in [7, 11) is 1.91. The summed E-state index contributed by atoms with van der Waals surface area (Å²) in [5.41, 5.74) is 6.47. The van der Waals surface area contributed by atoms with Gasteiger partial charge in [0.25, 0.3) is 0 Å². The van der Waals surface area contributed by atoms with Crippen LogP contribution in [0.2, 0.25) is 0 Å². The number of benzene rings is 2. The third-order valence-corrected chi connectivity index (χ3v) is 4.48. The Bertz CT molecular complexity index is 1050. The zero-order valence-corrected chi connectivity index (χ0v) is 15.4.